The molecule has 1 aromatic rings. The average molecular weight is 603 g/mol. The third kappa shape index (κ3) is 6.08. The lowest BCUT2D eigenvalue weighted by Crippen LogP contribution is -2.60. The van der Waals surface area contributed by atoms with E-state index in [0.717, 1.165) is 44.2 Å². The van der Waals surface area contributed by atoms with Crippen LogP contribution in [0.15, 0.2) is 24.3 Å². The number of aliphatic carboxylic acids is 1. The predicted molar refractivity (Wildman–Crippen MR) is 155 cm³/mol. The van der Waals surface area contributed by atoms with Crippen molar-refractivity contribution in [2.24, 2.45) is 46.3 Å². The lowest BCUT2D eigenvalue weighted by Gasteiger charge is -2.63. The minimum absolute atomic E-state index is 0.0437. The highest BCUT2D eigenvalue weighted by molar-refractivity contribution is 5.66. The molecular formula is C35H45F3O5. The first kappa shape index (κ1) is 31.9. The Hall–Kier alpha value is -2.53. The largest absolute Gasteiger partial charge is 0.481 e. The van der Waals surface area contributed by atoms with Crippen molar-refractivity contribution in [3.05, 3.63) is 35.4 Å². The SMILES string of the molecule is CC(=O)O[C@@H]1C[C@@H]2C[C@@](O)(C#Cc3ccc(C(F)(F)F)cc3)CC[C@]2(C)[C@H]2CC[C@]3(C)[C@@H]([C@H](C)CCC(=O)O)CC[C@H]3[C@H]12. The number of halogens is 3. The Morgan fingerprint density at radius 3 is 2.35 bits per heavy atom. The van der Waals surface area contributed by atoms with E-state index < -0.39 is 23.3 Å². The number of benzene rings is 1. The summed E-state index contributed by atoms with van der Waals surface area (Å²) in [6.07, 6.45) is 2.78. The van der Waals surface area contributed by atoms with Gasteiger partial charge in [-0.25, -0.2) is 0 Å². The zero-order valence-electron chi connectivity index (χ0n) is 25.7. The van der Waals surface area contributed by atoms with Crippen molar-refractivity contribution >= 4 is 11.9 Å². The average Bonchev–Trinajstić information content (AvgIpc) is 3.28. The number of hydrogen-bond donors (Lipinski definition) is 2. The Bertz CT molecular complexity index is 1280. The summed E-state index contributed by atoms with van der Waals surface area (Å²) in [6, 6.07) is 4.69. The molecule has 236 valence electrons. The van der Waals surface area contributed by atoms with Gasteiger partial charge in [0.15, 0.2) is 0 Å². The maximum atomic E-state index is 13.0. The number of rotatable bonds is 5. The smallest absolute Gasteiger partial charge is 0.416 e. The highest BCUT2D eigenvalue weighted by Gasteiger charge is 2.64. The molecule has 43 heavy (non-hydrogen) atoms. The van der Waals surface area contributed by atoms with E-state index in [0.29, 0.717) is 54.9 Å². The van der Waals surface area contributed by atoms with Crippen molar-refractivity contribution < 1.29 is 37.7 Å². The molecule has 4 aliphatic carbocycles. The number of aliphatic hydroxyl groups is 1. The van der Waals surface area contributed by atoms with Crippen molar-refractivity contribution in [3.63, 3.8) is 0 Å². The van der Waals surface area contributed by atoms with Crippen LogP contribution in [0, 0.1) is 58.2 Å². The van der Waals surface area contributed by atoms with Crippen molar-refractivity contribution in [2.45, 2.75) is 110 Å². The standard InChI is InChI=1S/C35H45F3O5/c1-21(5-12-30(40)41)26-10-11-27-31-28(14-15-33(26,27)4)32(3)17-18-34(42,20-25(32)19-29(31)43-22(2)39)16-13-23-6-8-24(9-7-23)35(36,37)38/h6-9,21,25-29,31,42H,5,10-12,14-15,17-20H2,1-4H3,(H,40,41)/t21-,25-,26-,27+,28+,29-,31+,32+,33-,34-/m1/s1. The summed E-state index contributed by atoms with van der Waals surface area (Å²) >= 11 is 0. The molecule has 1 aromatic carbocycles. The molecule has 0 unspecified atom stereocenters. The number of carbonyl (C=O) groups excluding carboxylic acids is 1. The summed E-state index contributed by atoms with van der Waals surface area (Å²) in [4.78, 5) is 23.6. The van der Waals surface area contributed by atoms with Crippen LogP contribution in [0.1, 0.15) is 103 Å². The van der Waals surface area contributed by atoms with Gasteiger partial charge in [0.2, 0.25) is 0 Å². The maximum Gasteiger partial charge on any atom is 0.416 e. The van der Waals surface area contributed by atoms with Crippen molar-refractivity contribution in [1.82, 2.24) is 0 Å². The van der Waals surface area contributed by atoms with Crippen LogP contribution in [0.3, 0.4) is 0 Å². The normalized spacial score (nSPS) is 39.3. The monoisotopic (exact) mass is 602 g/mol. The number of fused-ring (bicyclic) bond motifs is 5. The number of hydrogen-bond acceptors (Lipinski definition) is 4. The molecule has 0 bridgehead atoms. The van der Waals surface area contributed by atoms with E-state index in [9.17, 15) is 33.0 Å². The fraction of sp³-hybridized carbons (Fsp3) is 0.714. The van der Waals surface area contributed by atoms with Crippen LogP contribution in [0.25, 0.3) is 0 Å². The van der Waals surface area contributed by atoms with Crippen LogP contribution < -0.4 is 0 Å². The molecule has 0 spiro atoms. The Kier molecular flexibility index (Phi) is 8.48. The molecule has 0 aliphatic heterocycles. The van der Waals surface area contributed by atoms with E-state index in [1.54, 1.807) is 0 Å². The fourth-order valence-electron chi connectivity index (χ4n) is 10.1. The van der Waals surface area contributed by atoms with E-state index in [1.165, 1.54) is 19.1 Å². The van der Waals surface area contributed by atoms with Crippen molar-refractivity contribution in [1.29, 1.82) is 0 Å². The number of alkyl halides is 3. The number of esters is 1. The van der Waals surface area contributed by atoms with Crippen LogP contribution >= 0.6 is 0 Å². The third-order valence-corrected chi connectivity index (χ3v) is 12.3. The van der Waals surface area contributed by atoms with Gasteiger partial charge in [-0.1, -0.05) is 32.6 Å². The first-order chi connectivity index (χ1) is 20.1. The lowest BCUT2D eigenvalue weighted by molar-refractivity contribution is -0.198. The first-order valence-electron chi connectivity index (χ1n) is 15.9. The quantitative estimate of drug-likeness (QED) is 0.270. The van der Waals surface area contributed by atoms with E-state index in [2.05, 4.69) is 32.6 Å². The van der Waals surface area contributed by atoms with Crippen LogP contribution in [-0.4, -0.2) is 33.9 Å². The second-order valence-corrected chi connectivity index (χ2v) is 14.6. The Labute approximate surface area is 253 Å². The van der Waals surface area contributed by atoms with Crippen molar-refractivity contribution in [3.8, 4) is 11.8 Å². The van der Waals surface area contributed by atoms with Gasteiger partial charge in [-0.3, -0.25) is 9.59 Å². The molecule has 8 heteroatoms. The van der Waals surface area contributed by atoms with Gasteiger partial charge in [-0.2, -0.15) is 13.2 Å². The van der Waals surface area contributed by atoms with E-state index in [4.69, 9.17) is 4.74 Å². The van der Waals surface area contributed by atoms with Gasteiger partial charge >= 0.3 is 18.1 Å². The minimum atomic E-state index is -4.41. The minimum Gasteiger partial charge on any atom is -0.481 e. The molecule has 4 saturated carbocycles. The van der Waals surface area contributed by atoms with Crippen LogP contribution in [0.4, 0.5) is 13.2 Å². The Morgan fingerprint density at radius 2 is 1.72 bits per heavy atom. The molecule has 0 saturated heterocycles. The van der Waals surface area contributed by atoms with Crippen molar-refractivity contribution in [2.75, 3.05) is 0 Å². The lowest BCUT2D eigenvalue weighted by atomic mass is 9.43. The molecule has 0 heterocycles. The summed E-state index contributed by atoms with van der Waals surface area (Å²) in [5.74, 6) is 6.69. The summed E-state index contributed by atoms with van der Waals surface area (Å²) in [5, 5.41) is 20.9. The summed E-state index contributed by atoms with van der Waals surface area (Å²) < 4.78 is 45.0. The molecule has 0 amide bonds. The number of carboxylic acids is 1. The van der Waals surface area contributed by atoms with Gasteiger partial charge in [-0.05, 0) is 122 Å². The van der Waals surface area contributed by atoms with E-state index >= 15 is 0 Å². The van der Waals surface area contributed by atoms with Gasteiger partial charge in [0.1, 0.15) is 11.7 Å². The Balaban J connectivity index is 1.37. The van der Waals surface area contributed by atoms with Gasteiger partial charge in [0.25, 0.3) is 0 Å². The summed E-state index contributed by atoms with van der Waals surface area (Å²) in [6.45, 7) is 8.39. The molecule has 5 nitrogen and oxygen atoms in total. The number of carboxylic acid groups (broad SMARTS) is 1. The highest BCUT2D eigenvalue weighted by atomic mass is 19.4. The third-order valence-electron chi connectivity index (χ3n) is 12.3. The highest BCUT2D eigenvalue weighted by Crippen LogP contribution is 2.69. The van der Waals surface area contributed by atoms with Gasteiger partial charge in [-0.15, -0.1) is 0 Å². The van der Waals surface area contributed by atoms with Gasteiger partial charge < -0.3 is 14.9 Å². The van der Waals surface area contributed by atoms with Crippen LogP contribution in [0.5, 0.6) is 0 Å². The van der Waals surface area contributed by atoms with Gasteiger partial charge in [0.05, 0.1) is 5.56 Å². The fourth-order valence-corrected chi connectivity index (χ4v) is 10.1. The van der Waals surface area contributed by atoms with E-state index in [1.807, 2.05) is 0 Å². The molecular weight excluding hydrogens is 557 g/mol. The molecule has 5 rings (SSSR count). The molecule has 0 aromatic heterocycles. The summed E-state index contributed by atoms with van der Waals surface area (Å²) in [5.41, 5.74) is -1.54. The molecule has 2 N–H and O–H groups in total. The predicted octanol–water partition coefficient (Wildman–Crippen LogP) is 7.49. The number of ether oxygens (including phenoxy) is 1. The van der Waals surface area contributed by atoms with E-state index in [-0.39, 0.29) is 41.2 Å². The van der Waals surface area contributed by atoms with Crippen LogP contribution in [0.2, 0.25) is 0 Å². The maximum absolute atomic E-state index is 13.0. The van der Waals surface area contributed by atoms with Crippen LogP contribution in [-0.2, 0) is 20.5 Å². The second-order valence-electron chi connectivity index (χ2n) is 14.6. The molecule has 4 aliphatic rings. The molecule has 10 atom stereocenters. The summed E-state index contributed by atoms with van der Waals surface area (Å²) in [7, 11) is 0. The second kappa shape index (κ2) is 11.4. The zero-order chi connectivity index (χ0) is 31.4. The first-order valence-corrected chi connectivity index (χ1v) is 15.9. The molecule has 0 radical (unpaired) electrons. The number of carbonyl (C=O) groups is 2. The molecule has 4 fully saturated rings. The zero-order valence-corrected chi connectivity index (χ0v) is 25.7. The topological polar surface area (TPSA) is 83.8 Å². The Morgan fingerprint density at radius 1 is 1.05 bits per heavy atom. The van der Waals surface area contributed by atoms with Gasteiger partial charge in [0, 0.05) is 24.8 Å².